The smallest absolute Gasteiger partial charge is 0.172 e. The van der Waals surface area contributed by atoms with Gasteiger partial charge in [0.25, 0.3) is 0 Å². The second-order valence-electron chi connectivity index (χ2n) is 6.71. The van der Waals surface area contributed by atoms with Gasteiger partial charge in [0.15, 0.2) is 7.14 Å². The van der Waals surface area contributed by atoms with E-state index in [1.165, 1.54) is 0 Å². The van der Waals surface area contributed by atoms with Crippen molar-refractivity contribution < 1.29 is 23.5 Å². The Bertz CT molecular complexity index is 1050. The summed E-state index contributed by atoms with van der Waals surface area (Å²) in [5.41, 5.74) is 1.53. The topological polar surface area (TPSA) is 54.0 Å². The Morgan fingerprint density at radius 1 is 0.724 bits per heavy atom. The summed E-state index contributed by atoms with van der Waals surface area (Å²) >= 11 is 0. The first-order valence-corrected chi connectivity index (χ1v) is 10.9. The third kappa shape index (κ3) is 2.85. The van der Waals surface area contributed by atoms with Gasteiger partial charge in [-0.25, -0.2) is 0 Å². The van der Waals surface area contributed by atoms with Crippen molar-refractivity contribution in [3.8, 4) is 17.2 Å². The Balaban J connectivity index is 2.15. The minimum atomic E-state index is -3.24. The third-order valence-electron chi connectivity index (χ3n) is 5.38. The van der Waals surface area contributed by atoms with Crippen LogP contribution in [-0.4, -0.2) is 28.4 Å². The van der Waals surface area contributed by atoms with Crippen molar-refractivity contribution in [3.05, 3.63) is 71.8 Å². The van der Waals surface area contributed by atoms with Crippen LogP contribution in [0.15, 0.2) is 60.7 Å². The molecule has 0 saturated carbocycles. The molecule has 1 aliphatic rings. The Morgan fingerprint density at radius 2 is 1.28 bits per heavy atom. The molecule has 0 N–H and O–H groups in total. The lowest BCUT2D eigenvalue weighted by Gasteiger charge is -2.35. The number of hydrogen-bond acceptors (Lipinski definition) is 5. The molecular weight excluding hydrogens is 387 g/mol. The Morgan fingerprint density at radius 3 is 1.76 bits per heavy atom. The largest absolute Gasteiger partial charge is 0.497 e. The molecule has 1 heterocycles. The summed E-state index contributed by atoms with van der Waals surface area (Å²) in [6, 6.07) is 18.7. The minimum Gasteiger partial charge on any atom is -0.497 e. The lowest BCUT2D eigenvalue weighted by atomic mass is 9.98. The number of hydrogen-bond donors (Lipinski definition) is 0. The molecule has 0 atom stereocenters. The third-order valence-corrected chi connectivity index (χ3v) is 8.52. The van der Waals surface area contributed by atoms with Gasteiger partial charge in [0.05, 0.1) is 21.3 Å². The molecule has 0 saturated heterocycles. The van der Waals surface area contributed by atoms with Gasteiger partial charge in [-0.05, 0) is 24.3 Å². The molecule has 6 heteroatoms. The van der Waals surface area contributed by atoms with Crippen molar-refractivity contribution in [2.45, 2.75) is 6.10 Å². The fourth-order valence-electron chi connectivity index (χ4n) is 4.09. The van der Waals surface area contributed by atoms with E-state index in [0.717, 1.165) is 11.1 Å². The van der Waals surface area contributed by atoms with E-state index < -0.39 is 13.2 Å². The predicted molar refractivity (Wildman–Crippen MR) is 114 cm³/mol. The van der Waals surface area contributed by atoms with Gasteiger partial charge in [-0.1, -0.05) is 36.4 Å². The molecule has 0 unspecified atom stereocenters. The lowest BCUT2D eigenvalue weighted by Crippen LogP contribution is -2.37. The highest BCUT2D eigenvalue weighted by Crippen LogP contribution is 2.54. The van der Waals surface area contributed by atoms with Crippen LogP contribution in [0.3, 0.4) is 0 Å². The number of rotatable bonds is 5. The van der Waals surface area contributed by atoms with Gasteiger partial charge < -0.3 is 23.5 Å². The molecule has 0 aromatic heterocycles. The first kappa shape index (κ1) is 19.6. The van der Waals surface area contributed by atoms with Crippen LogP contribution in [0, 0.1) is 0 Å². The van der Waals surface area contributed by atoms with Gasteiger partial charge in [-0.2, -0.15) is 0 Å². The fourth-order valence-corrected chi connectivity index (χ4v) is 7.24. The van der Waals surface area contributed by atoms with Crippen LogP contribution in [0.25, 0.3) is 0 Å². The van der Waals surface area contributed by atoms with Crippen LogP contribution in [-0.2, 0) is 9.30 Å². The summed E-state index contributed by atoms with van der Waals surface area (Å²) in [6.45, 7) is 0. The van der Waals surface area contributed by atoms with Gasteiger partial charge >= 0.3 is 0 Å². The van der Waals surface area contributed by atoms with Crippen molar-refractivity contribution in [2.75, 3.05) is 28.4 Å². The summed E-state index contributed by atoms with van der Waals surface area (Å²) in [4.78, 5) is 0. The molecule has 3 aromatic rings. The highest BCUT2D eigenvalue weighted by Gasteiger charge is 2.44. The van der Waals surface area contributed by atoms with E-state index in [2.05, 4.69) is 0 Å². The molecule has 3 aromatic carbocycles. The molecule has 4 rings (SSSR count). The number of benzene rings is 3. The van der Waals surface area contributed by atoms with Crippen molar-refractivity contribution in [2.24, 2.45) is 0 Å². The van der Waals surface area contributed by atoms with Crippen LogP contribution in [0.4, 0.5) is 0 Å². The zero-order chi connectivity index (χ0) is 20.6. The van der Waals surface area contributed by atoms with E-state index in [0.29, 0.717) is 33.2 Å². The number of ether oxygens (including phenoxy) is 4. The van der Waals surface area contributed by atoms with Gasteiger partial charge in [0, 0.05) is 34.2 Å². The normalized spacial score (nSPS) is 19.8. The predicted octanol–water partition coefficient (Wildman–Crippen LogP) is 3.40. The fraction of sp³-hybridized carbons (Fsp3) is 0.217. The minimum absolute atomic E-state index is 0.458. The Labute approximate surface area is 170 Å². The molecule has 0 radical (unpaired) electrons. The summed E-state index contributed by atoms with van der Waals surface area (Å²) in [6.07, 6.45) is -0.458. The Kier molecular flexibility index (Phi) is 5.12. The van der Waals surface area contributed by atoms with Crippen LogP contribution < -0.4 is 30.1 Å². The van der Waals surface area contributed by atoms with E-state index in [-0.39, 0.29) is 0 Å². The van der Waals surface area contributed by atoms with E-state index in [9.17, 15) is 4.57 Å². The van der Waals surface area contributed by atoms with E-state index in [1.54, 1.807) is 28.4 Å². The maximum atomic E-state index is 14.9. The standard InChI is InChI=1S/C23H23O5P/c1-25-15-8-5-9-16(14-15)29(24)19-12-6-10-17(26-2)21(19)23(28-4)22-18(27-3)11-7-13-20(22)29/h5-14,23H,1-4H3. The molecule has 0 aliphatic carbocycles. The molecule has 1 aliphatic heterocycles. The van der Waals surface area contributed by atoms with Gasteiger partial charge in [0.2, 0.25) is 0 Å². The molecule has 0 amide bonds. The molecular formula is C23H23O5P. The van der Waals surface area contributed by atoms with Crippen molar-refractivity contribution >= 4 is 23.1 Å². The zero-order valence-corrected chi connectivity index (χ0v) is 17.7. The van der Waals surface area contributed by atoms with Crippen LogP contribution in [0.5, 0.6) is 17.2 Å². The van der Waals surface area contributed by atoms with Crippen molar-refractivity contribution in [3.63, 3.8) is 0 Å². The first-order chi connectivity index (χ1) is 14.1. The maximum absolute atomic E-state index is 14.9. The molecule has 0 fully saturated rings. The average Bonchev–Trinajstić information content (AvgIpc) is 2.78. The second kappa shape index (κ2) is 7.58. The SMILES string of the molecule is COc1cccc(P2(=O)c3cccc(OC)c3C(OC)c3c(OC)cccc32)c1. The zero-order valence-electron chi connectivity index (χ0n) is 16.8. The molecule has 0 spiro atoms. The molecule has 0 bridgehead atoms. The van der Waals surface area contributed by atoms with E-state index >= 15 is 0 Å². The van der Waals surface area contributed by atoms with E-state index in [1.807, 2.05) is 60.7 Å². The highest BCUT2D eigenvalue weighted by atomic mass is 31.2. The molecule has 29 heavy (non-hydrogen) atoms. The first-order valence-electron chi connectivity index (χ1n) is 9.22. The van der Waals surface area contributed by atoms with Crippen LogP contribution >= 0.6 is 7.14 Å². The second-order valence-corrected chi connectivity index (χ2v) is 9.41. The lowest BCUT2D eigenvalue weighted by molar-refractivity contribution is 0.132. The maximum Gasteiger partial charge on any atom is 0.172 e. The van der Waals surface area contributed by atoms with Gasteiger partial charge in [-0.3, -0.25) is 0 Å². The summed E-state index contributed by atoms with van der Waals surface area (Å²) in [7, 11) is 3.22. The van der Waals surface area contributed by atoms with Gasteiger partial charge in [-0.15, -0.1) is 0 Å². The number of methoxy groups -OCH3 is 4. The van der Waals surface area contributed by atoms with Crippen LogP contribution in [0.2, 0.25) is 0 Å². The summed E-state index contributed by atoms with van der Waals surface area (Å²) in [5.74, 6) is 1.92. The highest BCUT2D eigenvalue weighted by molar-refractivity contribution is 7.85. The molecule has 150 valence electrons. The summed E-state index contributed by atoms with van der Waals surface area (Å²) < 4.78 is 37.5. The van der Waals surface area contributed by atoms with Crippen molar-refractivity contribution in [1.82, 2.24) is 0 Å². The summed E-state index contributed by atoms with van der Waals surface area (Å²) in [5, 5.41) is 2.10. The average molecular weight is 410 g/mol. The quantitative estimate of drug-likeness (QED) is 0.604. The molecule has 5 nitrogen and oxygen atoms in total. The Hall–Kier alpha value is -2.75. The number of fused-ring (bicyclic) bond motifs is 2. The van der Waals surface area contributed by atoms with Crippen LogP contribution in [0.1, 0.15) is 17.2 Å². The monoisotopic (exact) mass is 410 g/mol. The van der Waals surface area contributed by atoms with Crippen molar-refractivity contribution in [1.29, 1.82) is 0 Å². The van der Waals surface area contributed by atoms with Gasteiger partial charge in [0.1, 0.15) is 23.4 Å². The van der Waals surface area contributed by atoms with E-state index in [4.69, 9.17) is 18.9 Å².